The van der Waals surface area contributed by atoms with Gasteiger partial charge < -0.3 is 12.9 Å². The summed E-state index contributed by atoms with van der Waals surface area (Å²) in [6, 6.07) is 0. The van der Waals surface area contributed by atoms with Crippen molar-refractivity contribution in [2.24, 2.45) is 17.8 Å². The van der Waals surface area contributed by atoms with E-state index < -0.39 is 0 Å². The molecule has 0 aromatic heterocycles. The van der Waals surface area contributed by atoms with Gasteiger partial charge in [0, 0.05) is 0 Å². The van der Waals surface area contributed by atoms with Crippen molar-refractivity contribution >= 4 is 31.1 Å². The zero-order chi connectivity index (χ0) is 8.18. The van der Waals surface area contributed by atoms with Crippen LogP contribution in [0.5, 0.6) is 0 Å². The molecule has 4 fully saturated rings. The smallest absolute Gasteiger partial charge is 0.306 e. The second-order valence-electron chi connectivity index (χ2n) is 5.55. The van der Waals surface area contributed by atoms with Crippen LogP contribution in [-0.2, 0) is 0 Å². The van der Waals surface area contributed by atoms with E-state index in [1.54, 1.807) is 38.5 Å². The number of hydrogen-bond acceptors (Lipinski definition) is 0. The molecule has 4 rings (SSSR count). The first-order chi connectivity index (χ1) is 5.80. The lowest BCUT2D eigenvalue weighted by Gasteiger charge is -2.57. The van der Waals surface area contributed by atoms with Crippen LogP contribution in [0.25, 0.3) is 0 Å². The molecule has 0 N–H and O–H groups in total. The molecule has 0 spiro atoms. The van der Waals surface area contributed by atoms with Gasteiger partial charge in [0.05, 0.1) is 0 Å². The molecular weight excluding hydrogens is 224 g/mol. The first-order valence-corrected chi connectivity index (χ1v) is 9.96. The highest BCUT2D eigenvalue weighted by molar-refractivity contribution is 9.23. The zero-order valence-electron chi connectivity index (χ0n) is 7.56. The molecule has 4 saturated carbocycles. The van der Waals surface area contributed by atoms with E-state index in [-0.39, 0.29) is 18.2 Å². The molecule has 0 radical (unpaired) electrons. The fourth-order valence-corrected chi connectivity index (χ4v) is 8.07. The third kappa shape index (κ3) is 1.21. The van der Waals surface area contributed by atoms with Crippen LogP contribution in [0.4, 0.5) is 0 Å². The predicted molar refractivity (Wildman–Crippen MR) is 55.5 cm³/mol. The van der Waals surface area contributed by atoms with Crippen LogP contribution in [0.15, 0.2) is 0 Å². The highest BCUT2D eigenvalue weighted by atomic mass is 79.9. The van der Waals surface area contributed by atoms with E-state index in [4.69, 9.17) is 0 Å². The molecule has 4 aliphatic rings. The van der Waals surface area contributed by atoms with Gasteiger partial charge in [-0.3, -0.25) is 0 Å². The molecule has 12 heavy (non-hydrogen) atoms. The number of rotatable bonds is 1. The van der Waals surface area contributed by atoms with Crippen molar-refractivity contribution in [3.05, 3.63) is 0 Å². The van der Waals surface area contributed by atoms with Gasteiger partial charge in [-0.25, -0.2) is 0 Å². The Labute approximate surface area is 90.5 Å². The molecule has 0 aliphatic heterocycles. The molecule has 0 unspecified atom stereocenters. The Balaban J connectivity index is 1.90. The van der Waals surface area contributed by atoms with Gasteiger partial charge in [-0.15, -0.1) is 3.54 Å². The molecule has 0 atom stereocenters. The first kappa shape index (κ1) is 8.55. The average molecular weight is 239 g/mol. The van der Waals surface area contributed by atoms with Gasteiger partial charge in [0.2, 0.25) is 0 Å². The lowest BCUT2D eigenvalue weighted by Crippen LogP contribution is -2.43. The summed E-state index contributed by atoms with van der Waals surface area (Å²) in [5, 5.41) is 0. The molecule has 0 aromatic carbocycles. The molecular formula is C10H15BrMg. The van der Waals surface area contributed by atoms with Crippen LogP contribution in [0.2, 0.25) is 3.54 Å². The Morgan fingerprint density at radius 2 is 1.33 bits per heavy atom. The van der Waals surface area contributed by atoms with Crippen LogP contribution < -0.4 is 0 Å². The minimum absolute atomic E-state index is 0.0919. The summed E-state index contributed by atoms with van der Waals surface area (Å²) in [4.78, 5) is 0. The molecule has 0 aromatic rings. The van der Waals surface area contributed by atoms with E-state index >= 15 is 0 Å². The van der Waals surface area contributed by atoms with Gasteiger partial charge in [0.25, 0.3) is 0 Å². The molecule has 2 heteroatoms. The van der Waals surface area contributed by atoms with E-state index in [0.717, 1.165) is 21.3 Å². The van der Waals surface area contributed by atoms with E-state index in [1.807, 2.05) is 0 Å². The quantitative estimate of drug-likeness (QED) is 0.615. The van der Waals surface area contributed by atoms with Crippen molar-refractivity contribution in [1.82, 2.24) is 0 Å². The predicted octanol–water partition coefficient (Wildman–Crippen LogP) is 3.39. The largest absolute Gasteiger partial charge is 0.475 e. The van der Waals surface area contributed by atoms with Crippen molar-refractivity contribution < 1.29 is 0 Å². The summed E-state index contributed by atoms with van der Waals surface area (Å²) in [6.07, 6.45) is 9.62. The third-order valence-corrected chi connectivity index (χ3v) is 9.45. The average Bonchev–Trinajstić information content (AvgIpc) is 2.02. The van der Waals surface area contributed by atoms with Gasteiger partial charge in [-0.1, -0.05) is 19.3 Å². The van der Waals surface area contributed by atoms with Gasteiger partial charge in [0.15, 0.2) is 0 Å². The van der Waals surface area contributed by atoms with Crippen LogP contribution >= 0.6 is 12.9 Å². The lowest BCUT2D eigenvalue weighted by atomic mass is 9.55. The van der Waals surface area contributed by atoms with E-state index in [2.05, 4.69) is 12.9 Å². The Morgan fingerprint density at radius 3 is 1.67 bits per heavy atom. The normalized spacial score (nSPS) is 55.6. The molecule has 4 aliphatic carbocycles. The van der Waals surface area contributed by atoms with Gasteiger partial charge in [-0.05, 0) is 37.0 Å². The standard InChI is InChI=1S/C10H15.BrH.Mg/c1-7-2-9-4-8(1)5-10(3-7)6-9;;/h7-9H,1-6H2;1H;/q;;+1/p-1. The van der Waals surface area contributed by atoms with Crippen molar-refractivity contribution in [3.63, 3.8) is 0 Å². The maximum absolute atomic E-state index is 3.88. The Morgan fingerprint density at radius 1 is 0.917 bits per heavy atom. The van der Waals surface area contributed by atoms with Crippen LogP contribution in [0.1, 0.15) is 38.5 Å². The van der Waals surface area contributed by atoms with E-state index in [0.29, 0.717) is 0 Å². The van der Waals surface area contributed by atoms with Gasteiger partial charge in [0.1, 0.15) is 0 Å². The number of halogens is 1. The zero-order valence-corrected chi connectivity index (χ0v) is 10.6. The van der Waals surface area contributed by atoms with Crippen LogP contribution in [0, 0.1) is 17.8 Å². The fourth-order valence-electron chi connectivity index (χ4n) is 4.45. The minimum atomic E-state index is 0.0919. The van der Waals surface area contributed by atoms with Gasteiger partial charge in [-0.2, -0.15) is 0 Å². The Hall–Kier alpha value is 1.25. The molecule has 0 amide bonds. The SMILES string of the molecule is [Br][Mg][C]12CC3CC(CC(C3)C1)C2. The molecule has 0 heterocycles. The molecule has 0 nitrogen and oxygen atoms in total. The van der Waals surface area contributed by atoms with Crippen LogP contribution in [0.3, 0.4) is 0 Å². The second-order valence-corrected chi connectivity index (χ2v) is 9.00. The maximum atomic E-state index is 3.88. The highest BCUT2D eigenvalue weighted by Crippen LogP contribution is 2.63. The van der Waals surface area contributed by atoms with Crippen LogP contribution in [-0.4, -0.2) is 18.2 Å². The minimum Gasteiger partial charge on any atom is -0.306 e. The second kappa shape index (κ2) is 2.87. The third-order valence-electron chi connectivity index (χ3n) is 4.45. The van der Waals surface area contributed by atoms with Crippen molar-refractivity contribution in [2.75, 3.05) is 0 Å². The first-order valence-electron chi connectivity index (χ1n) is 5.36. The van der Waals surface area contributed by atoms with E-state index in [9.17, 15) is 0 Å². The maximum Gasteiger partial charge on any atom is 0.475 e. The monoisotopic (exact) mass is 238 g/mol. The summed E-state index contributed by atoms with van der Waals surface area (Å²) >= 11 is 3.97. The number of hydrogen-bond donors (Lipinski definition) is 0. The molecule has 64 valence electrons. The fraction of sp³-hybridized carbons (Fsp3) is 1.00. The topological polar surface area (TPSA) is 0 Å². The Bertz CT molecular complexity index is 167. The summed E-state index contributed by atoms with van der Waals surface area (Å²) in [5.41, 5.74) is 0. The summed E-state index contributed by atoms with van der Waals surface area (Å²) in [6.45, 7) is 0. The van der Waals surface area contributed by atoms with Crippen molar-refractivity contribution in [2.45, 2.75) is 42.1 Å². The summed E-state index contributed by atoms with van der Waals surface area (Å²) in [7, 11) is 0. The molecule has 4 bridgehead atoms. The van der Waals surface area contributed by atoms with Crippen molar-refractivity contribution in [1.29, 1.82) is 0 Å². The lowest BCUT2D eigenvalue weighted by molar-refractivity contribution is 0.0298. The van der Waals surface area contributed by atoms with Gasteiger partial charge >= 0.3 is 18.2 Å². The Kier molecular flexibility index (Phi) is 2.04. The molecule has 0 saturated heterocycles. The highest BCUT2D eigenvalue weighted by Gasteiger charge is 2.50. The van der Waals surface area contributed by atoms with E-state index in [1.165, 1.54) is 0 Å². The summed E-state index contributed by atoms with van der Waals surface area (Å²) < 4.78 is 0.898. The van der Waals surface area contributed by atoms with Crippen molar-refractivity contribution in [3.8, 4) is 0 Å². The summed E-state index contributed by atoms with van der Waals surface area (Å²) in [5.74, 6) is 3.46.